The molecule has 0 unspecified atom stereocenters. The van der Waals surface area contributed by atoms with Crippen LogP contribution in [0.5, 0.6) is 0 Å². The summed E-state index contributed by atoms with van der Waals surface area (Å²) in [5, 5.41) is 9.58. The predicted molar refractivity (Wildman–Crippen MR) is 102 cm³/mol. The maximum Gasteiger partial charge on any atom is 0.322 e. The van der Waals surface area contributed by atoms with Crippen molar-refractivity contribution < 1.29 is 18.3 Å². The van der Waals surface area contributed by atoms with E-state index in [2.05, 4.69) is 9.97 Å². The first kappa shape index (κ1) is 18.3. The van der Waals surface area contributed by atoms with Gasteiger partial charge in [-0.05, 0) is 23.3 Å². The van der Waals surface area contributed by atoms with E-state index in [1.807, 2.05) is 30.3 Å². The van der Waals surface area contributed by atoms with Crippen LogP contribution in [0.2, 0.25) is 0 Å². The lowest BCUT2D eigenvalue weighted by Gasteiger charge is -2.32. The van der Waals surface area contributed by atoms with Crippen LogP contribution in [-0.2, 0) is 27.8 Å². The Bertz CT molecular complexity index is 1120. The minimum Gasteiger partial charge on any atom is -0.480 e. The fourth-order valence-electron chi connectivity index (χ4n) is 3.29. The van der Waals surface area contributed by atoms with Crippen LogP contribution in [0.1, 0.15) is 11.4 Å². The van der Waals surface area contributed by atoms with E-state index in [1.165, 1.54) is 24.5 Å². The van der Waals surface area contributed by atoms with Crippen LogP contribution in [0.3, 0.4) is 0 Å². The van der Waals surface area contributed by atoms with Crippen molar-refractivity contribution in [2.24, 2.45) is 0 Å². The highest BCUT2D eigenvalue weighted by atomic mass is 32.2. The van der Waals surface area contributed by atoms with Gasteiger partial charge in [0.1, 0.15) is 6.04 Å². The lowest BCUT2D eigenvalue weighted by Crippen LogP contribution is -2.49. The standard InChI is InChI=1S/C20H17N3O4S/c24-20(25)19-12-17-18(22-11-10-21-17)13-23(19)28(26,27)16-8-6-15(7-9-16)14-4-2-1-3-5-14/h1-11,19H,12-13H2,(H,24,25)/t19-/m1/s1. The summed E-state index contributed by atoms with van der Waals surface area (Å²) in [6.45, 7) is -0.122. The fraction of sp³-hybridized carbons (Fsp3) is 0.150. The third kappa shape index (κ3) is 3.28. The van der Waals surface area contributed by atoms with Crippen LogP contribution in [0.25, 0.3) is 11.1 Å². The summed E-state index contributed by atoms with van der Waals surface area (Å²) in [5.41, 5.74) is 2.84. The number of aromatic nitrogens is 2. The topological polar surface area (TPSA) is 100 Å². The molecule has 28 heavy (non-hydrogen) atoms. The van der Waals surface area contributed by atoms with Gasteiger partial charge < -0.3 is 5.11 Å². The molecule has 0 saturated heterocycles. The van der Waals surface area contributed by atoms with E-state index < -0.39 is 22.0 Å². The zero-order chi connectivity index (χ0) is 19.7. The highest BCUT2D eigenvalue weighted by Crippen LogP contribution is 2.29. The number of fused-ring (bicyclic) bond motifs is 1. The van der Waals surface area contributed by atoms with E-state index in [9.17, 15) is 18.3 Å². The third-order valence-electron chi connectivity index (χ3n) is 4.75. The maximum absolute atomic E-state index is 13.2. The Hall–Kier alpha value is -3.10. The number of carbonyl (C=O) groups is 1. The maximum atomic E-state index is 13.2. The molecule has 7 nitrogen and oxygen atoms in total. The number of hydrogen-bond donors (Lipinski definition) is 1. The Morgan fingerprint density at radius 1 is 0.929 bits per heavy atom. The molecule has 0 spiro atoms. The van der Waals surface area contributed by atoms with E-state index in [4.69, 9.17) is 0 Å². The molecule has 0 fully saturated rings. The van der Waals surface area contributed by atoms with Crippen LogP contribution in [0.4, 0.5) is 0 Å². The number of aliphatic carboxylic acids is 1. The Balaban J connectivity index is 1.70. The molecule has 1 aliphatic heterocycles. The zero-order valence-corrected chi connectivity index (χ0v) is 15.6. The second kappa shape index (κ2) is 7.14. The molecule has 1 aliphatic rings. The van der Waals surface area contributed by atoms with Gasteiger partial charge in [0.05, 0.1) is 22.8 Å². The van der Waals surface area contributed by atoms with Gasteiger partial charge in [-0.2, -0.15) is 4.31 Å². The van der Waals surface area contributed by atoms with E-state index in [0.29, 0.717) is 11.4 Å². The average Bonchev–Trinajstić information content (AvgIpc) is 2.73. The normalized spacial score (nSPS) is 17.1. The van der Waals surface area contributed by atoms with Crippen LogP contribution < -0.4 is 0 Å². The summed E-state index contributed by atoms with van der Waals surface area (Å²) in [5.74, 6) is -1.21. The Morgan fingerprint density at radius 2 is 1.54 bits per heavy atom. The summed E-state index contributed by atoms with van der Waals surface area (Å²) < 4.78 is 27.3. The van der Waals surface area contributed by atoms with Crippen LogP contribution in [-0.4, -0.2) is 39.8 Å². The van der Waals surface area contributed by atoms with Crippen LogP contribution >= 0.6 is 0 Å². The summed E-state index contributed by atoms with van der Waals surface area (Å²) in [4.78, 5) is 20.1. The lowest BCUT2D eigenvalue weighted by molar-refractivity contribution is -0.141. The van der Waals surface area contributed by atoms with Crippen molar-refractivity contribution in [2.75, 3.05) is 0 Å². The molecule has 0 amide bonds. The first-order valence-electron chi connectivity index (χ1n) is 8.66. The number of nitrogens with zero attached hydrogens (tertiary/aromatic N) is 3. The number of benzene rings is 2. The number of sulfonamides is 1. The van der Waals surface area contributed by atoms with E-state index in [1.54, 1.807) is 12.1 Å². The molecule has 1 atom stereocenters. The lowest BCUT2D eigenvalue weighted by atomic mass is 10.1. The molecule has 0 bridgehead atoms. The molecule has 3 aromatic rings. The Labute approximate surface area is 162 Å². The van der Waals surface area contributed by atoms with Gasteiger partial charge in [0.25, 0.3) is 0 Å². The first-order chi connectivity index (χ1) is 13.5. The van der Waals surface area contributed by atoms with Crippen molar-refractivity contribution >= 4 is 16.0 Å². The molecule has 2 heterocycles. The Kier molecular flexibility index (Phi) is 4.66. The van der Waals surface area contributed by atoms with Gasteiger partial charge in [-0.1, -0.05) is 42.5 Å². The van der Waals surface area contributed by atoms with Gasteiger partial charge in [-0.25, -0.2) is 8.42 Å². The highest BCUT2D eigenvalue weighted by molar-refractivity contribution is 7.89. The molecular formula is C20H17N3O4S. The van der Waals surface area contributed by atoms with Crippen molar-refractivity contribution in [3.05, 3.63) is 78.4 Å². The van der Waals surface area contributed by atoms with Gasteiger partial charge in [-0.15, -0.1) is 0 Å². The van der Waals surface area contributed by atoms with Crippen molar-refractivity contribution in [3.8, 4) is 11.1 Å². The van der Waals surface area contributed by atoms with Gasteiger partial charge >= 0.3 is 5.97 Å². The minimum atomic E-state index is -4.01. The van der Waals surface area contributed by atoms with Crippen LogP contribution in [0, 0.1) is 0 Å². The average molecular weight is 395 g/mol. The molecule has 1 aromatic heterocycles. The predicted octanol–water partition coefficient (Wildman–Crippen LogP) is 2.34. The monoisotopic (exact) mass is 395 g/mol. The summed E-state index contributed by atoms with van der Waals surface area (Å²) in [6, 6.07) is 14.8. The largest absolute Gasteiger partial charge is 0.480 e. The second-order valence-corrected chi connectivity index (χ2v) is 8.34. The van der Waals surface area contributed by atoms with Gasteiger partial charge in [0.2, 0.25) is 10.0 Å². The number of carboxylic acids is 1. The zero-order valence-electron chi connectivity index (χ0n) is 14.8. The summed E-state index contributed by atoms with van der Waals surface area (Å²) in [7, 11) is -4.01. The van der Waals surface area contributed by atoms with Gasteiger partial charge in [-0.3, -0.25) is 14.8 Å². The molecule has 142 valence electrons. The fourth-order valence-corrected chi connectivity index (χ4v) is 4.83. The third-order valence-corrected chi connectivity index (χ3v) is 6.62. The molecule has 8 heteroatoms. The van der Waals surface area contributed by atoms with E-state index in [0.717, 1.165) is 15.4 Å². The minimum absolute atomic E-state index is 0.0141. The van der Waals surface area contributed by atoms with Crippen LogP contribution in [0.15, 0.2) is 71.9 Å². The summed E-state index contributed by atoms with van der Waals surface area (Å²) >= 11 is 0. The van der Waals surface area contributed by atoms with E-state index >= 15 is 0 Å². The number of rotatable bonds is 4. The SMILES string of the molecule is O=C(O)[C@H]1Cc2nccnc2CN1S(=O)(=O)c1ccc(-c2ccccc2)cc1. The second-order valence-electron chi connectivity index (χ2n) is 6.45. The molecule has 4 rings (SSSR count). The van der Waals surface area contributed by atoms with Crippen molar-refractivity contribution in [3.63, 3.8) is 0 Å². The Morgan fingerprint density at radius 3 is 2.18 bits per heavy atom. The van der Waals surface area contributed by atoms with Gasteiger partial charge in [0, 0.05) is 18.8 Å². The van der Waals surface area contributed by atoms with Crippen molar-refractivity contribution in [1.29, 1.82) is 0 Å². The molecule has 0 saturated carbocycles. The number of carboxylic acid groups (broad SMARTS) is 1. The molecule has 1 N–H and O–H groups in total. The van der Waals surface area contributed by atoms with Crippen molar-refractivity contribution in [2.45, 2.75) is 23.9 Å². The van der Waals surface area contributed by atoms with Crippen molar-refractivity contribution in [1.82, 2.24) is 14.3 Å². The smallest absolute Gasteiger partial charge is 0.322 e. The highest BCUT2D eigenvalue weighted by Gasteiger charge is 2.40. The van der Waals surface area contributed by atoms with Gasteiger partial charge in [0.15, 0.2) is 0 Å². The molecule has 2 aromatic carbocycles. The molecular weight excluding hydrogens is 378 g/mol. The molecule has 0 radical (unpaired) electrons. The summed E-state index contributed by atoms with van der Waals surface area (Å²) in [6.07, 6.45) is 2.93. The quantitative estimate of drug-likeness (QED) is 0.728. The molecule has 0 aliphatic carbocycles. The van der Waals surface area contributed by atoms with E-state index in [-0.39, 0.29) is 17.9 Å². The number of hydrogen-bond acceptors (Lipinski definition) is 5. The first-order valence-corrected chi connectivity index (χ1v) is 10.1.